The van der Waals surface area contributed by atoms with Crippen molar-refractivity contribution in [2.45, 2.75) is 13.3 Å². The Balaban J connectivity index is 2.14. The standard InChI is InChI=1S/C9H12N6O/c1-2-3-10-9(16)15-8-6-7(12-4-11-6)13-5-14-8/h4-5H,2-3H2,1H3,(H3,10,11,12,13,14,15,16). The van der Waals surface area contributed by atoms with Gasteiger partial charge in [0, 0.05) is 6.54 Å². The first-order chi connectivity index (χ1) is 7.81. The van der Waals surface area contributed by atoms with Crippen LogP contribution >= 0.6 is 0 Å². The maximum absolute atomic E-state index is 11.4. The van der Waals surface area contributed by atoms with Gasteiger partial charge >= 0.3 is 6.03 Å². The van der Waals surface area contributed by atoms with Crippen molar-refractivity contribution >= 4 is 23.0 Å². The number of aromatic nitrogens is 4. The second kappa shape index (κ2) is 4.56. The lowest BCUT2D eigenvalue weighted by atomic mass is 10.5. The molecule has 2 aromatic heterocycles. The third-order valence-electron chi connectivity index (χ3n) is 1.99. The van der Waals surface area contributed by atoms with Gasteiger partial charge in [-0.05, 0) is 6.42 Å². The lowest BCUT2D eigenvalue weighted by Crippen LogP contribution is -2.29. The van der Waals surface area contributed by atoms with E-state index in [1.54, 1.807) is 0 Å². The molecule has 0 aliphatic heterocycles. The van der Waals surface area contributed by atoms with Gasteiger partial charge in [-0.25, -0.2) is 19.7 Å². The Morgan fingerprint density at radius 3 is 3.12 bits per heavy atom. The number of anilines is 1. The van der Waals surface area contributed by atoms with E-state index in [9.17, 15) is 4.79 Å². The first-order valence-electron chi connectivity index (χ1n) is 5.00. The number of fused-ring (bicyclic) bond motifs is 1. The predicted molar refractivity (Wildman–Crippen MR) is 59.0 cm³/mol. The van der Waals surface area contributed by atoms with Crippen molar-refractivity contribution in [1.82, 2.24) is 25.3 Å². The molecular formula is C9H12N6O. The molecule has 84 valence electrons. The van der Waals surface area contributed by atoms with Crippen LogP contribution < -0.4 is 10.6 Å². The summed E-state index contributed by atoms with van der Waals surface area (Å²) in [5.74, 6) is 0.427. The van der Waals surface area contributed by atoms with Gasteiger partial charge in [0.1, 0.15) is 11.8 Å². The normalized spacial score (nSPS) is 10.3. The highest BCUT2D eigenvalue weighted by molar-refractivity contribution is 5.95. The molecule has 0 aromatic carbocycles. The van der Waals surface area contributed by atoms with Crippen LogP contribution in [0.1, 0.15) is 13.3 Å². The molecule has 2 rings (SSSR count). The number of H-pyrrole nitrogens is 1. The van der Waals surface area contributed by atoms with Gasteiger partial charge in [0.25, 0.3) is 0 Å². The Morgan fingerprint density at radius 1 is 1.44 bits per heavy atom. The number of urea groups is 1. The highest BCUT2D eigenvalue weighted by Crippen LogP contribution is 2.13. The molecule has 0 spiro atoms. The Morgan fingerprint density at radius 2 is 2.31 bits per heavy atom. The van der Waals surface area contributed by atoms with E-state index in [1.165, 1.54) is 12.7 Å². The van der Waals surface area contributed by atoms with Gasteiger partial charge in [0.15, 0.2) is 11.5 Å². The molecule has 16 heavy (non-hydrogen) atoms. The fourth-order valence-corrected chi connectivity index (χ4v) is 1.25. The van der Waals surface area contributed by atoms with Crippen molar-refractivity contribution in [1.29, 1.82) is 0 Å². The number of carbonyl (C=O) groups is 1. The van der Waals surface area contributed by atoms with E-state index < -0.39 is 0 Å². The number of nitrogens with zero attached hydrogens (tertiary/aromatic N) is 3. The van der Waals surface area contributed by atoms with E-state index in [1.807, 2.05) is 6.92 Å². The topological polar surface area (TPSA) is 95.6 Å². The smallest absolute Gasteiger partial charge is 0.320 e. The number of rotatable bonds is 3. The van der Waals surface area contributed by atoms with Crippen molar-refractivity contribution in [3.05, 3.63) is 12.7 Å². The number of carbonyl (C=O) groups excluding carboxylic acids is 1. The van der Waals surface area contributed by atoms with Gasteiger partial charge in [-0.3, -0.25) is 5.32 Å². The van der Waals surface area contributed by atoms with E-state index in [0.29, 0.717) is 23.5 Å². The average Bonchev–Trinajstić information content (AvgIpc) is 2.75. The fourth-order valence-electron chi connectivity index (χ4n) is 1.25. The summed E-state index contributed by atoms with van der Waals surface area (Å²) in [5.41, 5.74) is 1.15. The molecule has 7 nitrogen and oxygen atoms in total. The maximum Gasteiger partial charge on any atom is 0.320 e. The van der Waals surface area contributed by atoms with Crippen molar-refractivity contribution in [3.8, 4) is 0 Å². The molecule has 0 bridgehead atoms. The lowest BCUT2D eigenvalue weighted by molar-refractivity contribution is 0.252. The molecule has 0 saturated carbocycles. The minimum atomic E-state index is -0.281. The van der Waals surface area contributed by atoms with Crippen LogP contribution in [-0.4, -0.2) is 32.5 Å². The first kappa shape index (κ1) is 10.3. The van der Waals surface area contributed by atoms with Crippen LogP contribution in [0.15, 0.2) is 12.7 Å². The zero-order valence-electron chi connectivity index (χ0n) is 8.82. The Labute approximate surface area is 91.7 Å². The molecule has 0 radical (unpaired) electrons. The van der Waals surface area contributed by atoms with Gasteiger partial charge in [-0.1, -0.05) is 6.92 Å². The molecule has 0 aliphatic rings. The van der Waals surface area contributed by atoms with Gasteiger partial charge in [-0.2, -0.15) is 0 Å². The van der Waals surface area contributed by atoms with Gasteiger partial charge < -0.3 is 10.3 Å². The highest BCUT2D eigenvalue weighted by atomic mass is 16.2. The minimum absolute atomic E-state index is 0.281. The lowest BCUT2D eigenvalue weighted by Gasteiger charge is -2.05. The molecule has 0 aliphatic carbocycles. The zero-order chi connectivity index (χ0) is 11.4. The summed E-state index contributed by atoms with van der Waals surface area (Å²) in [5, 5.41) is 5.33. The van der Waals surface area contributed by atoms with E-state index in [4.69, 9.17) is 0 Å². The van der Waals surface area contributed by atoms with Crippen molar-refractivity contribution in [2.75, 3.05) is 11.9 Å². The zero-order valence-corrected chi connectivity index (χ0v) is 8.82. The summed E-state index contributed by atoms with van der Waals surface area (Å²) in [6.45, 7) is 2.61. The molecule has 7 heteroatoms. The molecule has 2 aromatic rings. The van der Waals surface area contributed by atoms with E-state index >= 15 is 0 Å². The van der Waals surface area contributed by atoms with Crippen LogP contribution in [0.3, 0.4) is 0 Å². The quantitative estimate of drug-likeness (QED) is 0.715. The predicted octanol–water partition coefficient (Wildman–Crippen LogP) is 0.884. The van der Waals surface area contributed by atoms with Crippen LogP contribution in [0, 0.1) is 0 Å². The number of hydrogen-bond acceptors (Lipinski definition) is 4. The van der Waals surface area contributed by atoms with Crippen LogP contribution in [0.4, 0.5) is 10.6 Å². The third-order valence-corrected chi connectivity index (χ3v) is 1.99. The fraction of sp³-hybridized carbons (Fsp3) is 0.333. The van der Waals surface area contributed by atoms with E-state index in [-0.39, 0.29) is 6.03 Å². The number of imidazole rings is 1. The number of aromatic amines is 1. The van der Waals surface area contributed by atoms with Crippen LogP contribution in [0.5, 0.6) is 0 Å². The summed E-state index contributed by atoms with van der Waals surface area (Å²) in [6.07, 6.45) is 3.75. The molecular weight excluding hydrogens is 208 g/mol. The van der Waals surface area contributed by atoms with Crippen LogP contribution in [-0.2, 0) is 0 Å². The first-order valence-corrected chi connectivity index (χ1v) is 5.00. The van der Waals surface area contributed by atoms with E-state index in [2.05, 4.69) is 30.6 Å². The molecule has 2 amide bonds. The van der Waals surface area contributed by atoms with Gasteiger partial charge in [0.05, 0.1) is 6.33 Å². The van der Waals surface area contributed by atoms with Crippen LogP contribution in [0.25, 0.3) is 11.2 Å². The maximum atomic E-state index is 11.4. The minimum Gasteiger partial charge on any atom is -0.340 e. The molecule has 0 unspecified atom stereocenters. The molecule has 2 heterocycles. The summed E-state index contributed by atoms with van der Waals surface area (Å²) in [4.78, 5) is 26.2. The summed E-state index contributed by atoms with van der Waals surface area (Å²) >= 11 is 0. The second-order valence-electron chi connectivity index (χ2n) is 3.20. The van der Waals surface area contributed by atoms with Crippen molar-refractivity contribution in [3.63, 3.8) is 0 Å². The van der Waals surface area contributed by atoms with Gasteiger partial charge in [-0.15, -0.1) is 0 Å². The molecule has 0 atom stereocenters. The third kappa shape index (κ3) is 2.08. The number of hydrogen-bond donors (Lipinski definition) is 3. The summed E-state index contributed by atoms with van der Waals surface area (Å²) in [6, 6.07) is -0.281. The van der Waals surface area contributed by atoms with Crippen LogP contribution in [0.2, 0.25) is 0 Å². The Bertz CT molecular complexity index is 493. The Kier molecular flexibility index (Phi) is 2.95. The SMILES string of the molecule is CCCNC(=O)Nc1ncnc2nc[nH]c12. The van der Waals surface area contributed by atoms with Gasteiger partial charge in [0.2, 0.25) is 0 Å². The number of nitrogens with one attached hydrogen (secondary N) is 3. The Hall–Kier alpha value is -2.18. The summed E-state index contributed by atoms with van der Waals surface area (Å²) < 4.78 is 0. The van der Waals surface area contributed by atoms with Crippen molar-refractivity contribution in [2.24, 2.45) is 0 Å². The molecule has 3 N–H and O–H groups in total. The highest BCUT2D eigenvalue weighted by Gasteiger charge is 2.08. The molecule has 0 fully saturated rings. The monoisotopic (exact) mass is 220 g/mol. The van der Waals surface area contributed by atoms with E-state index in [0.717, 1.165) is 6.42 Å². The average molecular weight is 220 g/mol. The summed E-state index contributed by atoms with van der Waals surface area (Å²) in [7, 11) is 0. The second-order valence-corrected chi connectivity index (χ2v) is 3.20. The van der Waals surface area contributed by atoms with Crippen molar-refractivity contribution < 1.29 is 4.79 Å². The largest absolute Gasteiger partial charge is 0.340 e. The number of amides is 2. The molecule has 0 saturated heterocycles.